The molecule has 1 fully saturated rings. The first-order valence-electron chi connectivity index (χ1n) is 10.8. The Morgan fingerprint density at radius 1 is 1.10 bits per heavy atom. The lowest BCUT2D eigenvalue weighted by molar-refractivity contribution is 0.322. The summed E-state index contributed by atoms with van der Waals surface area (Å²) in [5.41, 5.74) is 1.05. The molecule has 2 N–H and O–H groups in total. The topological polar surface area (TPSA) is 67.4 Å². The highest BCUT2D eigenvalue weighted by Gasteiger charge is 2.21. The third-order valence-electron chi connectivity index (χ3n) is 5.43. The van der Waals surface area contributed by atoms with E-state index in [1.807, 2.05) is 23.5 Å². The van der Waals surface area contributed by atoms with E-state index in [1.165, 1.54) is 5.00 Å². The Labute approximate surface area is 189 Å². The van der Waals surface area contributed by atoms with Gasteiger partial charge in [0.25, 0.3) is 0 Å². The van der Waals surface area contributed by atoms with Crippen molar-refractivity contribution in [2.75, 3.05) is 52.4 Å². The minimum Gasteiger partial charge on any atom is -0.493 e. The third-order valence-corrected chi connectivity index (χ3v) is 6.36. The van der Waals surface area contributed by atoms with E-state index in [0.717, 1.165) is 50.4 Å². The van der Waals surface area contributed by atoms with E-state index in [4.69, 9.17) is 19.2 Å². The van der Waals surface area contributed by atoms with Crippen LogP contribution in [0.4, 0.5) is 5.00 Å². The number of nitrogens with one attached hydrogen (secondary N) is 2. The van der Waals surface area contributed by atoms with Crippen molar-refractivity contribution in [3.05, 3.63) is 35.2 Å². The van der Waals surface area contributed by atoms with Gasteiger partial charge in [-0.2, -0.15) is 0 Å². The highest BCUT2D eigenvalue weighted by Crippen LogP contribution is 2.39. The molecule has 0 unspecified atom stereocenters. The van der Waals surface area contributed by atoms with Crippen LogP contribution in [0.3, 0.4) is 0 Å². The van der Waals surface area contributed by atoms with E-state index in [1.54, 1.807) is 21.3 Å². The van der Waals surface area contributed by atoms with Crippen molar-refractivity contribution in [2.24, 2.45) is 4.99 Å². The largest absolute Gasteiger partial charge is 0.493 e. The van der Waals surface area contributed by atoms with E-state index in [2.05, 4.69) is 40.0 Å². The van der Waals surface area contributed by atoms with E-state index in [0.29, 0.717) is 29.8 Å². The van der Waals surface area contributed by atoms with E-state index >= 15 is 0 Å². The number of methoxy groups -OCH3 is 3. The Bertz CT molecular complexity index is 834. The fourth-order valence-corrected chi connectivity index (χ4v) is 4.64. The normalized spacial score (nSPS) is 15.0. The second kappa shape index (κ2) is 11.7. The molecule has 0 atom stereocenters. The molecular weight excluding hydrogens is 412 g/mol. The van der Waals surface area contributed by atoms with Gasteiger partial charge in [-0.3, -0.25) is 4.99 Å². The van der Waals surface area contributed by atoms with Crippen molar-refractivity contribution in [3.8, 4) is 17.2 Å². The zero-order valence-electron chi connectivity index (χ0n) is 18.9. The lowest BCUT2D eigenvalue weighted by atomic mass is 10.1. The van der Waals surface area contributed by atoms with E-state index in [9.17, 15) is 0 Å². The van der Waals surface area contributed by atoms with Crippen LogP contribution in [0.25, 0.3) is 0 Å². The van der Waals surface area contributed by atoms with Gasteiger partial charge < -0.3 is 29.7 Å². The number of anilines is 1. The smallest absolute Gasteiger partial charge is 0.203 e. The van der Waals surface area contributed by atoms with Crippen molar-refractivity contribution in [3.63, 3.8) is 0 Å². The minimum atomic E-state index is 0.435. The first-order valence-corrected chi connectivity index (χ1v) is 11.7. The summed E-state index contributed by atoms with van der Waals surface area (Å²) in [6, 6.07) is 8.67. The highest BCUT2D eigenvalue weighted by atomic mass is 32.1. The van der Waals surface area contributed by atoms with Crippen LogP contribution in [-0.4, -0.2) is 59.5 Å². The zero-order chi connectivity index (χ0) is 22.1. The molecule has 0 spiro atoms. The summed E-state index contributed by atoms with van der Waals surface area (Å²) >= 11 is 1.81. The molecule has 1 aliphatic rings. The van der Waals surface area contributed by atoms with Crippen LogP contribution in [-0.2, 0) is 6.42 Å². The minimum absolute atomic E-state index is 0.435. The number of aliphatic imine (C=N–C) groups is 1. The molecule has 0 bridgehead atoms. The van der Waals surface area contributed by atoms with Crippen LogP contribution in [0.2, 0.25) is 0 Å². The number of hydrogen-bond donors (Lipinski definition) is 2. The Morgan fingerprint density at radius 3 is 2.48 bits per heavy atom. The predicted octanol–water partition coefficient (Wildman–Crippen LogP) is 3.54. The van der Waals surface area contributed by atoms with Gasteiger partial charge in [-0.1, -0.05) is 6.07 Å². The molecule has 1 aliphatic heterocycles. The first-order chi connectivity index (χ1) is 15.2. The fourth-order valence-electron chi connectivity index (χ4n) is 3.86. The Balaban J connectivity index is 1.58. The number of ether oxygens (including phenoxy) is 3. The number of piperidine rings is 1. The summed E-state index contributed by atoms with van der Waals surface area (Å²) in [7, 11) is 4.90. The average molecular weight is 447 g/mol. The number of rotatable bonds is 9. The van der Waals surface area contributed by atoms with Crippen LogP contribution in [0.5, 0.6) is 17.2 Å². The summed E-state index contributed by atoms with van der Waals surface area (Å²) in [6.07, 6.45) is 2.95. The molecule has 0 radical (unpaired) electrons. The molecule has 2 heterocycles. The predicted molar refractivity (Wildman–Crippen MR) is 128 cm³/mol. The molecule has 1 aromatic heterocycles. The van der Waals surface area contributed by atoms with Crippen molar-refractivity contribution in [2.45, 2.75) is 32.2 Å². The lowest BCUT2D eigenvalue weighted by Gasteiger charge is -2.33. The summed E-state index contributed by atoms with van der Waals surface area (Å²) < 4.78 is 16.4. The standard InChI is InChI=1S/C23H34N4O3S/c1-5-24-23(26-18-11-14-27(15-12-18)20-7-6-16-31-20)25-13-10-17-8-9-19(28-2)22(30-4)21(17)29-3/h6-9,16,18H,5,10-15H2,1-4H3,(H2,24,25,26). The van der Waals surface area contributed by atoms with Crippen molar-refractivity contribution < 1.29 is 14.2 Å². The summed E-state index contributed by atoms with van der Waals surface area (Å²) in [5.74, 6) is 2.86. The van der Waals surface area contributed by atoms with Crippen molar-refractivity contribution >= 4 is 22.3 Å². The number of benzene rings is 1. The number of thiophene rings is 1. The molecular formula is C23H34N4O3S. The van der Waals surface area contributed by atoms with Gasteiger partial charge in [0.05, 0.1) is 26.3 Å². The fraction of sp³-hybridized carbons (Fsp3) is 0.522. The monoisotopic (exact) mass is 446 g/mol. The second-order valence-electron chi connectivity index (χ2n) is 7.36. The molecule has 0 amide bonds. The summed E-state index contributed by atoms with van der Waals surface area (Å²) in [4.78, 5) is 7.27. The number of hydrogen-bond acceptors (Lipinski definition) is 6. The molecule has 31 heavy (non-hydrogen) atoms. The summed E-state index contributed by atoms with van der Waals surface area (Å²) in [5, 5.41) is 10.5. The van der Waals surface area contributed by atoms with Gasteiger partial charge in [-0.05, 0) is 49.8 Å². The van der Waals surface area contributed by atoms with Crippen LogP contribution in [0, 0.1) is 0 Å². The maximum atomic E-state index is 5.59. The average Bonchev–Trinajstić information content (AvgIpc) is 3.34. The third kappa shape index (κ3) is 5.97. The Hall–Kier alpha value is -2.61. The molecule has 1 aromatic carbocycles. The van der Waals surface area contributed by atoms with Crippen LogP contribution >= 0.6 is 11.3 Å². The van der Waals surface area contributed by atoms with Gasteiger partial charge in [-0.25, -0.2) is 0 Å². The van der Waals surface area contributed by atoms with Crippen LogP contribution in [0.1, 0.15) is 25.3 Å². The molecule has 3 rings (SSSR count). The van der Waals surface area contributed by atoms with Gasteiger partial charge in [-0.15, -0.1) is 11.3 Å². The van der Waals surface area contributed by atoms with Crippen LogP contribution in [0.15, 0.2) is 34.6 Å². The Kier molecular flexibility index (Phi) is 8.70. The van der Waals surface area contributed by atoms with Crippen molar-refractivity contribution in [1.29, 1.82) is 0 Å². The number of nitrogens with zero attached hydrogens (tertiary/aromatic N) is 2. The maximum Gasteiger partial charge on any atom is 0.203 e. The summed E-state index contributed by atoms with van der Waals surface area (Å²) in [6.45, 7) is 5.71. The number of guanidine groups is 1. The molecule has 0 aliphatic carbocycles. The van der Waals surface area contributed by atoms with Gasteiger partial charge in [0.2, 0.25) is 5.75 Å². The van der Waals surface area contributed by atoms with Crippen molar-refractivity contribution in [1.82, 2.24) is 10.6 Å². The van der Waals surface area contributed by atoms with Gasteiger partial charge >= 0.3 is 0 Å². The first kappa shape index (κ1) is 23.1. The van der Waals surface area contributed by atoms with E-state index < -0.39 is 0 Å². The zero-order valence-corrected chi connectivity index (χ0v) is 19.8. The molecule has 170 valence electrons. The SMILES string of the molecule is CCNC(=NCCc1ccc(OC)c(OC)c1OC)NC1CCN(c2cccs2)CC1. The molecule has 8 heteroatoms. The van der Waals surface area contributed by atoms with Gasteiger partial charge in [0.1, 0.15) is 0 Å². The maximum absolute atomic E-state index is 5.59. The molecule has 7 nitrogen and oxygen atoms in total. The Morgan fingerprint density at radius 2 is 1.87 bits per heavy atom. The molecule has 1 saturated heterocycles. The quantitative estimate of drug-likeness (QED) is 0.454. The molecule has 2 aromatic rings. The van der Waals surface area contributed by atoms with Crippen LogP contribution < -0.4 is 29.7 Å². The molecule has 0 saturated carbocycles. The lowest BCUT2D eigenvalue weighted by Crippen LogP contribution is -2.48. The van der Waals surface area contributed by atoms with E-state index in [-0.39, 0.29) is 0 Å². The van der Waals surface area contributed by atoms with Gasteiger partial charge in [0.15, 0.2) is 17.5 Å². The van der Waals surface area contributed by atoms with Gasteiger partial charge in [0, 0.05) is 37.8 Å². The highest BCUT2D eigenvalue weighted by molar-refractivity contribution is 7.14. The second-order valence-corrected chi connectivity index (χ2v) is 8.29.